The molecule has 1 aromatic rings. The summed E-state index contributed by atoms with van der Waals surface area (Å²) in [5, 5.41) is 6.09. The van der Waals surface area contributed by atoms with Crippen molar-refractivity contribution in [3.63, 3.8) is 0 Å². The van der Waals surface area contributed by atoms with Crippen molar-refractivity contribution in [2.45, 2.75) is 13.5 Å². The van der Waals surface area contributed by atoms with Crippen LogP contribution in [0.1, 0.15) is 12.7 Å². The highest BCUT2D eigenvalue weighted by Crippen LogP contribution is 2.00. The Bertz CT molecular complexity index is 482. The molecular formula is C11H20N4O3S. The number of hydrogen-bond acceptors (Lipinski definition) is 4. The summed E-state index contributed by atoms with van der Waals surface area (Å²) < 4.78 is 29.3. The zero-order chi connectivity index (χ0) is 14.1. The van der Waals surface area contributed by atoms with Crippen molar-refractivity contribution in [2.24, 2.45) is 4.99 Å². The lowest BCUT2D eigenvalue weighted by Gasteiger charge is -2.10. The van der Waals surface area contributed by atoms with Gasteiger partial charge >= 0.3 is 0 Å². The molecular weight excluding hydrogens is 268 g/mol. The Hall–Kier alpha value is -1.54. The Morgan fingerprint density at radius 2 is 2.16 bits per heavy atom. The first-order valence-electron chi connectivity index (χ1n) is 6.00. The quantitative estimate of drug-likeness (QED) is 0.369. The molecule has 0 unspecified atom stereocenters. The summed E-state index contributed by atoms with van der Waals surface area (Å²) in [6.07, 6.45) is 2.73. The van der Waals surface area contributed by atoms with Crippen molar-refractivity contribution >= 4 is 16.0 Å². The molecule has 0 amide bonds. The third kappa shape index (κ3) is 7.47. The van der Waals surface area contributed by atoms with Gasteiger partial charge in [-0.2, -0.15) is 0 Å². The van der Waals surface area contributed by atoms with E-state index < -0.39 is 10.0 Å². The van der Waals surface area contributed by atoms with Crippen LogP contribution in [-0.2, 0) is 16.6 Å². The van der Waals surface area contributed by atoms with Crippen molar-refractivity contribution in [1.82, 2.24) is 15.4 Å². The van der Waals surface area contributed by atoms with Crippen LogP contribution in [-0.4, -0.2) is 40.3 Å². The van der Waals surface area contributed by atoms with Crippen LogP contribution in [0.15, 0.2) is 27.8 Å². The SMILES string of the molecule is CCNC(=NCc1ccco1)NCCNS(C)(=O)=O. The van der Waals surface area contributed by atoms with Gasteiger partial charge in [0.25, 0.3) is 0 Å². The van der Waals surface area contributed by atoms with Gasteiger partial charge in [-0.05, 0) is 19.1 Å². The standard InChI is InChI=1S/C11H20N4O3S/c1-3-12-11(13-6-7-15-19(2,16)17)14-9-10-5-4-8-18-10/h4-5,8,15H,3,6-7,9H2,1-2H3,(H2,12,13,14). The van der Waals surface area contributed by atoms with Gasteiger partial charge in [-0.15, -0.1) is 0 Å². The van der Waals surface area contributed by atoms with Crippen molar-refractivity contribution in [2.75, 3.05) is 25.9 Å². The number of hydrogen-bond donors (Lipinski definition) is 3. The highest BCUT2D eigenvalue weighted by atomic mass is 32.2. The second-order valence-corrected chi connectivity index (χ2v) is 5.70. The Labute approximate surface area is 113 Å². The third-order valence-corrected chi connectivity index (χ3v) is 2.83. The Morgan fingerprint density at radius 3 is 2.74 bits per heavy atom. The molecule has 0 bridgehead atoms. The van der Waals surface area contributed by atoms with Crippen LogP contribution in [0.5, 0.6) is 0 Å². The molecule has 7 nitrogen and oxygen atoms in total. The average molecular weight is 288 g/mol. The predicted octanol–water partition coefficient (Wildman–Crippen LogP) is -0.116. The average Bonchev–Trinajstić information content (AvgIpc) is 2.83. The van der Waals surface area contributed by atoms with Crippen LogP contribution in [0.25, 0.3) is 0 Å². The minimum absolute atomic E-state index is 0.310. The molecule has 1 rings (SSSR count). The molecule has 0 radical (unpaired) electrons. The van der Waals surface area contributed by atoms with Crippen molar-refractivity contribution < 1.29 is 12.8 Å². The highest BCUT2D eigenvalue weighted by Gasteiger charge is 2.01. The van der Waals surface area contributed by atoms with Crippen LogP contribution in [0.3, 0.4) is 0 Å². The zero-order valence-corrected chi connectivity index (χ0v) is 12.0. The highest BCUT2D eigenvalue weighted by molar-refractivity contribution is 7.88. The minimum atomic E-state index is -3.15. The molecule has 0 aliphatic carbocycles. The smallest absolute Gasteiger partial charge is 0.208 e. The number of nitrogens with zero attached hydrogens (tertiary/aromatic N) is 1. The van der Waals surface area contributed by atoms with Gasteiger partial charge in [-0.25, -0.2) is 18.1 Å². The molecule has 0 aliphatic rings. The van der Waals surface area contributed by atoms with Gasteiger partial charge in [-0.3, -0.25) is 0 Å². The number of guanidine groups is 1. The van der Waals surface area contributed by atoms with Crippen LogP contribution in [0.4, 0.5) is 0 Å². The molecule has 8 heteroatoms. The van der Waals surface area contributed by atoms with Crippen molar-refractivity contribution in [3.05, 3.63) is 24.2 Å². The molecule has 19 heavy (non-hydrogen) atoms. The number of sulfonamides is 1. The van der Waals surface area contributed by atoms with E-state index in [1.54, 1.807) is 12.3 Å². The topological polar surface area (TPSA) is 95.7 Å². The maximum Gasteiger partial charge on any atom is 0.208 e. The molecule has 3 N–H and O–H groups in total. The van der Waals surface area contributed by atoms with Crippen LogP contribution >= 0.6 is 0 Å². The third-order valence-electron chi connectivity index (χ3n) is 2.10. The predicted molar refractivity (Wildman–Crippen MR) is 74.4 cm³/mol. The Morgan fingerprint density at radius 1 is 1.37 bits per heavy atom. The van der Waals surface area contributed by atoms with Crippen molar-refractivity contribution in [1.29, 1.82) is 0 Å². The molecule has 0 aliphatic heterocycles. The summed E-state index contributed by atoms with van der Waals surface area (Å²) in [6.45, 7) is 3.88. The van der Waals surface area contributed by atoms with E-state index in [2.05, 4.69) is 20.3 Å². The van der Waals surface area contributed by atoms with E-state index in [1.165, 1.54) is 0 Å². The van der Waals surface area contributed by atoms with Gasteiger partial charge in [-0.1, -0.05) is 0 Å². The maximum absolute atomic E-state index is 10.9. The van der Waals surface area contributed by atoms with E-state index in [-0.39, 0.29) is 0 Å². The van der Waals surface area contributed by atoms with Gasteiger partial charge in [0.1, 0.15) is 12.3 Å². The van der Waals surface area contributed by atoms with E-state index in [0.29, 0.717) is 25.6 Å². The first-order valence-corrected chi connectivity index (χ1v) is 7.89. The minimum Gasteiger partial charge on any atom is -0.467 e. The van der Waals surface area contributed by atoms with Crippen LogP contribution in [0.2, 0.25) is 0 Å². The zero-order valence-electron chi connectivity index (χ0n) is 11.1. The van der Waals surface area contributed by atoms with Gasteiger partial charge in [0, 0.05) is 19.6 Å². The number of nitrogens with one attached hydrogen (secondary N) is 3. The van der Waals surface area contributed by atoms with E-state index in [0.717, 1.165) is 18.6 Å². The molecule has 108 valence electrons. The summed E-state index contributed by atoms with van der Waals surface area (Å²) in [5.74, 6) is 1.39. The van der Waals surface area contributed by atoms with Crippen LogP contribution < -0.4 is 15.4 Å². The number of furan rings is 1. The lowest BCUT2D eigenvalue weighted by molar-refractivity contribution is 0.512. The first-order chi connectivity index (χ1) is 9.01. The van der Waals surface area contributed by atoms with E-state index in [1.807, 2.05) is 13.0 Å². The summed E-state index contributed by atoms with van der Waals surface area (Å²) in [7, 11) is -3.15. The number of aliphatic imine (C=N–C) groups is 1. The molecule has 0 aromatic carbocycles. The fraction of sp³-hybridized carbons (Fsp3) is 0.545. The Kier molecular flexibility index (Phi) is 6.37. The van der Waals surface area contributed by atoms with Crippen LogP contribution in [0, 0.1) is 0 Å². The van der Waals surface area contributed by atoms with Crippen molar-refractivity contribution in [3.8, 4) is 0 Å². The van der Waals surface area contributed by atoms with E-state index in [9.17, 15) is 8.42 Å². The van der Waals surface area contributed by atoms with Gasteiger partial charge in [0.2, 0.25) is 10.0 Å². The normalized spacial score (nSPS) is 12.4. The van der Waals surface area contributed by atoms with E-state index in [4.69, 9.17) is 4.42 Å². The van der Waals surface area contributed by atoms with Gasteiger partial charge in [0.15, 0.2) is 5.96 Å². The monoisotopic (exact) mass is 288 g/mol. The molecule has 0 saturated carbocycles. The maximum atomic E-state index is 10.9. The fourth-order valence-electron chi connectivity index (χ4n) is 1.32. The fourth-order valence-corrected chi connectivity index (χ4v) is 1.79. The van der Waals surface area contributed by atoms with E-state index >= 15 is 0 Å². The molecule has 0 spiro atoms. The molecule has 1 aromatic heterocycles. The van der Waals surface area contributed by atoms with Gasteiger partial charge < -0.3 is 15.1 Å². The molecule has 0 saturated heterocycles. The first kappa shape index (κ1) is 15.5. The largest absolute Gasteiger partial charge is 0.467 e. The molecule has 1 heterocycles. The lowest BCUT2D eigenvalue weighted by atomic mass is 10.4. The number of rotatable bonds is 7. The second-order valence-electron chi connectivity index (χ2n) is 3.87. The molecule has 0 atom stereocenters. The molecule has 0 fully saturated rings. The summed E-state index contributed by atoms with van der Waals surface area (Å²) >= 11 is 0. The summed E-state index contributed by atoms with van der Waals surface area (Å²) in [4.78, 5) is 4.31. The summed E-state index contributed by atoms with van der Waals surface area (Å²) in [5.41, 5.74) is 0. The lowest BCUT2D eigenvalue weighted by Crippen LogP contribution is -2.41. The van der Waals surface area contributed by atoms with Gasteiger partial charge in [0.05, 0.1) is 12.5 Å². The second kappa shape index (κ2) is 7.80. The summed E-state index contributed by atoms with van der Waals surface area (Å²) in [6, 6.07) is 3.65. The Balaban J connectivity index is 2.37.